The predicted molar refractivity (Wildman–Crippen MR) is 127 cm³/mol. The topological polar surface area (TPSA) is 99.5 Å². The smallest absolute Gasteiger partial charge is 0.338 e. The first-order valence-corrected chi connectivity index (χ1v) is 11.8. The first-order chi connectivity index (χ1) is 15.3. The maximum absolute atomic E-state index is 13.1. The van der Waals surface area contributed by atoms with Crippen LogP contribution in [0.4, 0.5) is 5.69 Å². The van der Waals surface area contributed by atoms with Gasteiger partial charge in [0.05, 0.1) is 36.5 Å². The standard InChI is InChI=1S/C22H25N3O5S2/c1-5-30-21(28)15-7-6-8-16(11-15)23-17(26)12-31-22-24-19-18(13(2)14(3)32-19)20(27)25(22)9-10-29-4/h6-8,11H,5,9-10,12H2,1-4H3,(H,23,26). The van der Waals surface area contributed by atoms with E-state index in [1.807, 2.05) is 13.8 Å². The number of carbonyl (C=O) groups is 2. The number of thioether (sulfide) groups is 1. The Morgan fingerprint density at radius 1 is 1.28 bits per heavy atom. The van der Waals surface area contributed by atoms with Crippen molar-refractivity contribution in [3.63, 3.8) is 0 Å². The van der Waals surface area contributed by atoms with Gasteiger partial charge in [-0.3, -0.25) is 14.2 Å². The van der Waals surface area contributed by atoms with E-state index in [0.717, 1.165) is 10.4 Å². The van der Waals surface area contributed by atoms with Gasteiger partial charge in [-0.1, -0.05) is 17.8 Å². The third kappa shape index (κ3) is 5.37. The number of amides is 1. The minimum atomic E-state index is -0.445. The van der Waals surface area contributed by atoms with Crippen LogP contribution >= 0.6 is 23.1 Å². The molecule has 0 aliphatic heterocycles. The van der Waals surface area contributed by atoms with Gasteiger partial charge >= 0.3 is 5.97 Å². The van der Waals surface area contributed by atoms with Gasteiger partial charge < -0.3 is 14.8 Å². The molecule has 0 fully saturated rings. The van der Waals surface area contributed by atoms with Gasteiger partial charge in [-0.25, -0.2) is 9.78 Å². The molecule has 170 valence electrons. The number of anilines is 1. The number of esters is 1. The Bertz CT molecular complexity index is 1200. The van der Waals surface area contributed by atoms with E-state index < -0.39 is 5.97 Å². The van der Waals surface area contributed by atoms with Gasteiger partial charge in [0.2, 0.25) is 5.91 Å². The predicted octanol–water partition coefficient (Wildman–Crippen LogP) is 3.63. The summed E-state index contributed by atoms with van der Waals surface area (Å²) in [7, 11) is 1.57. The van der Waals surface area contributed by atoms with Gasteiger partial charge in [-0.05, 0) is 44.5 Å². The average molecular weight is 476 g/mol. The Labute approximate surface area is 193 Å². The van der Waals surface area contributed by atoms with Crippen molar-refractivity contribution in [1.82, 2.24) is 9.55 Å². The summed E-state index contributed by atoms with van der Waals surface area (Å²) >= 11 is 2.66. The zero-order valence-corrected chi connectivity index (χ0v) is 20.0. The van der Waals surface area contributed by atoms with Crippen LogP contribution in [-0.4, -0.2) is 47.5 Å². The number of fused-ring (bicyclic) bond motifs is 1. The monoisotopic (exact) mass is 475 g/mol. The van der Waals surface area contributed by atoms with Crippen molar-refractivity contribution in [2.45, 2.75) is 32.5 Å². The summed E-state index contributed by atoms with van der Waals surface area (Å²) in [6.45, 7) is 6.59. The largest absolute Gasteiger partial charge is 0.462 e. The number of thiophene rings is 1. The van der Waals surface area contributed by atoms with Crippen LogP contribution in [0.25, 0.3) is 10.2 Å². The number of methoxy groups -OCH3 is 1. The fourth-order valence-electron chi connectivity index (χ4n) is 3.06. The number of benzene rings is 1. The Hall–Kier alpha value is -2.69. The number of hydrogen-bond acceptors (Lipinski definition) is 8. The highest BCUT2D eigenvalue weighted by Gasteiger charge is 2.18. The van der Waals surface area contributed by atoms with Crippen LogP contribution in [0.2, 0.25) is 0 Å². The maximum atomic E-state index is 13.1. The van der Waals surface area contributed by atoms with Crippen molar-refractivity contribution in [3.05, 3.63) is 50.6 Å². The molecule has 3 aromatic rings. The van der Waals surface area contributed by atoms with Gasteiger partial charge in [0.1, 0.15) is 4.83 Å². The summed E-state index contributed by atoms with van der Waals surface area (Å²) in [5, 5.41) is 3.86. The number of rotatable bonds is 9. The molecule has 1 N–H and O–H groups in total. The van der Waals surface area contributed by atoms with Crippen molar-refractivity contribution < 1.29 is 19.1 Å². The molecule has 0 atom stereocenters. The van der Waals surface area contributed by atoms with Crippen molar-refractivity contribution >= 4 is 50.9 Å². The Balaban J connectivity index is 1.78. The summed E-state index contributed by atoms with van der Waals surface area (Å²) in [6, 6.07) is 6.56. The maximum Gasteiger partial charge on any atom is 0.338 e. The average Bonchev–Trinajstić information content (AvgIpc) is 3.05. The summed E-state index contributed by atoms with van der Waals surface area (Å²) < 4.78 is 11.7. The van der Waals surface area contributed by atoms with Crippen molar-refractivity contribution in [2.24, 2.45) is 0 Å². The highest BCUT2D eigenvalue weighted by atomic mass is 32.2. The Morgan fingerprint density at radius 2 is 2.06 bits per heavy atom. The second kappa shape index (κ2) is 10.8. The van der Waals surface area contributed by atoms with Crippen molar-refractivity contribution in [2.75, 3.05) is 31.4 Å². The zero-order chi connectivity index (χ0) is 23.3. The molecule has 0 saturated heterocycles. The van der Waals surface area contributed by atoms with E-state index in [-0.39, 0.29) is 23.8 Å². The molecule has 0 aliphatic rings. The number of aryl methyl sites for hydroxylation is 2. The summed E-state index contributed by atoms with van der Waals surface area (Å²) in [5.41, 5.74) is 1.66. The number of carbonyl (C=O) groups excluding carboxylic acids is 2. The quantitative estimate of drug-likeness (QED) is 0.287. The zero-order valence-electron chi connectivity index (χ0n) is 18.4. The fraction of sp³-hybridized carbons (Fsp3) is 0.364. The molecule has 32 heavy (non-hydrogen) atoms. The summed E-state index contributed by atoms with van der Waals surface area (Å²) in [5.74, 6) is -0.667. The lowest BCUT2D eigenvalue weighted by molar-refractivity contribution is -0.113. The van der Waals surface area contributed by atoms with Crippen molar-refractivity contribution in [1.29, 1.82) is 0 Å². The minimum absolute atomic E-state index is 0.0535. The van der Waals surface area contributed by atoms with E-state index >= 15 is 0 Å². The van der Waals surface area contributed by atoms with Crippen LogP contribution in [0.1, 0.15) is 27.7 Å². The molecule has 0 radical (unpaired) electrons. The van der Waals surface area contributed by atoms with Gasteiger partial charge in [-0.2, -0.15) is 0 Å². The first-order valence-electron chi connectivity index (χ1n) is 10.0. The molecule has 0 bridgehead atoms. The van der Waals surface area contributed by atoms with Gasteiger partial charge in [0.15, 0.2) is 5.16 Å². The lowest BCUT2D eigenvalue weighted by atomic mass is 10.2. The van der Waals surface area contributed by atoms with Crippen LogP contribution in [-0.2, 0) is 20.8 Å². The molecule has 1 aromatic carbocycles. The third-order valence-corrected chi connectivity index (χ3v) is 6.84. The van der Waals surface area contributed by atoms with E-state index in [4.69, 9.17) is 9.47 Å². The molecule has 0 unspecified atom stereocenters. The molecule has 0 saturated carbocycles. The lowest BCUT2D eigenvalue weighted by Gasteiger charge is -2.12. The van der Waals surface area contributed by atoms with Gasteiger partial charge in [-0.15, -0.1) is 11.3 Å². The molecule has 2 heterocycles. The van der Waals surface area contributed by atoms with Crippen LogP contribution < -0.4 is 10.9 Å². The Kier molecular flexibility index (Phi) is 8.05. The van der Waals surface area contributed by atoms with E-state index in [1.165, 1.54) is 23.1 Å². The number of aromatic nitrogens is 2. The molecule has 8 nitrogen and oxygen atoms in total. The first kappa shape index (κ1) is 24.0. The van der Waals surface area contributed by atoms with E-state index in [9.17, 15) is 14.4 Å². The molecule has 0 spiro atoms. The highest BCUT2D eigenvalue weighted by molar-refractivity contribution is 7.99. The minimum Gasteiger partial charge on any atom is -0.462 e. The fourth-order valence-corrected chi connectivity index (χ4v) is 4.96. The number of hydrogen-bond donors (Lipinski definition) is 1. The molecule has 0 aliphatic carbocycles. The van der Waals surface area contributed by atoms with Crippen molar-refractivity contribution in [3.8, 4) is 0 Å². The highest BCUT2D eigenvalue weighted by Crippen LogP contribution is 2.28. The third-order valence-electron chi connectivity index (χ3n) is 4.76. The molecular weight excluding hydrogens is 450 g/mol. The molecule has 1 amide bonds. The second-order valence-electron chi connectivity index (χ2n) is 6.95. The van der Waals surface area contributed by atoms with E-state index in [2.05, 4.69) is 10.3 Å². The molecular formula is C22H25N3O5S2. The number of ether oxygens (including phenoxy) is 2. The summed E-state index contributed by atoms with van der Waals surface area (Å²) in [4.78, 5) is 43.9. The van der Waals surface area contributed by atoms with Gasteiger partial charge in [0.25, 0.3) is 5.56 Å². The van der Waals surface area contributed by atoms with Crippen LogP contribution in [0.3, 0.4) is 0 Å². The molecule has 10 heteroatoms. The van der Waals surface area contributed by atoms with Gasteiger partial charge in [0, 0.05) is 17.7 Å². The Morgan fingerprint density at radius 3 is 2.78 bits per heavy atom. The van der Waals surface area contributed by atoms with Crippen LogP contribution in [0.5, 0.6) is 0 Å². The lowest BCUT2D eigenvalue weighted by Crippen LogP contribution is -2.26. The number of nitrogens with zero attached hydrogens (tertiary/aromatic N) is 2. The van der Waals surface area contributed by atoms with Crippen LogP contribution in [0.15, 0.2) is 34.2 Å². The SMILES string of the molecule is CCOC(=O)c1cccc(NC(=O)CSc2nc3sc(C)c(C)c3c(=O)n2CCOC)c1. The van der Waals surface area contributed by atoms with E-state index in [0.29, 0.717) is 39.8 Å². The normalized spacial score (nSPS) is 11.0. The molecule has 3 rings (SSSR count). The van der Waals surface area contributed by atoms with E-state index in [1.54, 1.807) is 42.9 Å². The van der Waals surface area contributed by atoms with Crippen LogP contribution in [0, 0.1) is 13.8 Å². The summed E-state index contributed by atoms with van der Waals surface area (Å²) in [6.07, 6.45) is 0. The molecule has 2 aromatic heterocycles. The second-order valence-corrected chi connectivity index (χ2v) is 9.09. The number of nitrogens with one attached hydrogen (secondary N) is 1.